The molecule has 1 aliphatic rings. The maximum absolute atomic E-state index is 12.1. The van der Waals surface area contributed by atoms with Crippen LogP contribution in [0.1, 0.15) is 39.5 Å². The first-order chi connectivity index (χ1) is 7.69. The van der Waals surface area contributed by atoms with Gasteiger partial charge in [0.2, 0.25) is 5.91 Å². The molecule has 1 atom stereocenters. The molecule has 3 heteroatoms. The number of amides is 1. The van der Waals surface area contributed by atoms with E-state index in [2.05, 4.69) is 18.7 Å². The molecule has 1 amide bonds. The van der Waals surface area contributed by atoms with Gasteiger partial charge in [0.1, 0.15) is 0 Å². The lowest BCUT2D eigenvalue weighted by atomic mass is 9.96. The summed E-state index contributed by atoms with van der Waals surface area (Å²) in [4.78, 5) is 16.5. The van der Waals surface area contributed by atoms with Crippen LogP contribution in [-0.4, -0.2) is 48.9 Å². The van der Waals surface area contributed by atoms with Crippen molar-refractivity contribution in [1.29, 1.82) is 0 Å². The second kappa shape index (κ2) is 6.89. The fourth-order valence-electron chi connectivity index (χ4n) is 2.53. The molecule has 3 nitrogen and oxygen atoms in total. The minimum absolute atomic E-state index is 0.247. The first kappa shape index (κ1) is 13.5. The van der Waals surface area contributed by atoms with E-state index in [-0.39, 0.29) is 5.92 Å². The van der Waals surface area contributed by atoms with Crippen molar-refractivity contribution in [3.8, 4) is 0 Å². The highest BCUT2D eigenvalue weighted by molar-refractivity contribution is 5.78. The van der Waals surface area contributed by atoms with Crippen LogP contribution >= 0.6 is 0 Å². The van der Waals surface area contributed by atoms with Crippen molar-refractivity contribution in [2.75, 3.05) is 33.2 Å². The van der Waals surface area contributed by atoms with E-state index in [1.807, 2.05) is 11.9 Å². The molecule has 1 saturated heterocycles. The van der Waals surface area contributed by atoms with Crippen LogP contribution in [0.3, 0.4) is 0 Å². The second-order valence-corrected chi connectivity index (χ2v) is 4.90. The minimum Gasteiger partial charge on any atom is -0.345 e. The van der Waals surface area contributed by atoms with Gasteiger partial charge in [0.25, 0.3) is 0 Å². The highest BCUT2D eigenvalue weighted by Crippen LogP contribution is 2.18. The fraction of sp³-hybridized carbons (Fsp3) is 0.923. The van der Waals surface area contributed by atoms with Crippen molar-refractivity contribution in [2.45, 2.75) is 39.5 Å². The molecule has 1 rings (SSSR count). The van der Waals surface area contributed by atoms with Gasteiger partial charge < -0.3 is 9.80 Å². The Bertz CT molecular complexity index is 216. The average molecular weight is 226 g/mol. The number of hydrogen-bond acceptors (Lipinski definition) is 2. The Kier molecular flexibility index (Phi) is 5.81. The van der Waals surface area contributed by atoms with Gasteiger partial charge in [0.15, 0.2) is 0 Å². The van der Waals surface area contributed by atoms with Crippen molar-refractivity contribution >= 4 is 5.91 Å². The van der Waals surface area contributed by atoms with Gasteiger partial charge in [-0.25, -0.2) is 0 Å². The fourth-order valence-corrected chi connectivity index (χ4v) is 2.53. The quantitative estimate of drug-likeness (QED) is 0.715. The van der Waals surface area contributed by atoms with Crippen LogP contribution in [0.5, 0.6) is 0 Å². The number of nitrogens with zero attached hydrogens (tertiary/aromatic N) is 2. The van der Waals surface area contributed by atoms with E-state index in [4.69, 9.17) is 0 Å². The Hall–Kier alpha value is -0.570. The van der Waals surface area contributed by atoms with Gasteiger partial charge in [0.05, 0.1) is 5.92 Å². The van der Waals surface area contributed by atoms with Gasteiger partial charge in [-0.1, -0.05) is 13.8 Å². The Labute approximate surface area is 99.8 Å². The third-order valence-electron chi connectivity index (χ3n) is 3.33. The molecule has 1 fully saturated rings. The standard InChI is InChI=1S/C13H26N2O/c1-4-8-14(3)13(16)12-7-6-10-15(11-12)9-5-2/h12H,4-11H2,1-3H3. The van der Waals surface area contributed by atoms with E-state index < -0.39 is 0 Å². The number of likely N-dealkylation sites (tertiary alicyclic amines) is 1. The van der Waals surface area contributed by atoms with Crippen LogP contribution in [0.15, 0.2) is 0 Å². The molecular weight excluding hydrogens is 200 g/mol. The van der Waals surface area contributed by atoms with Gasteiger partial charge in [-0.15, -0.1) is 0 Å². The molecule has 0 spiro atoms. The summed E-state index contributed by atoms with van der Waals surface area (Å²) >= 11 is 0. The molecule has 1 aliphatic heterocycles. The van der Waals surface area contributed by atoms with Crippen LogP contribution in [0, 0.1) is 5.92 Å². The van der Waals surface area contributed by atoms with Crippen LogP contribution in [0.25, 0.3) is 0 Å². The SMILES string of the molecule is CCCN1CCCC(C(=O)N(C)CCC)C1. The zero-order chi connectivity index (χ0) is 12.0. The van der Waals surface area contributed by atoms with Gasteiger partial charge in [-0.2, -0.15) is 0 Å². The Morgan fingerprint density at radius 3 is 2.75 bits per heavy atom. The molecule has 0 aromatic rings. The lowest BCUT2D eigenvalue weighted by Gasteiger charge is -2.33. The summed E-state index contributed by atoms with van der Waals surface area (Å²) < 4.78 is 0. The monoisotopic (exact) mass is 226 g/mol. The molecule has 0 bridgehead atoms. The van der Waals surface area contributed by atoms with E-state index in [0.717, 1.165) is 32.5 Å². The maximum Gasteiger partial charge on any atom is 0.226 e. The molecule has 0 N–H and O–H groups in total. The topological polar surface area (TPSA) is 23.6 Å². The van der Waals surface area contributed by atoms with Crippen LogP contribution in [-0.2, 0) is 4.79 Å². The van der Waals surface area contributed by atoms with Crippen LogP contribution < -0.4 is 0 Å². The number of hydrogen-bond donors (Lipinski definition) is 0. The summed E-state index contributed by atoms with van der Waals surface area (Å²) in [5, 5.41) is 0. The molecule has 0 radical (unpaired) electrons. The lowest BCUT2D eigenvalue weighted by Crippen LogP contribution is -2.44. The third kappa shape index (κ3) is 3.78. The zero-order valence-electron chi connectivity index (χ0n) is 11.0. The van der Waals surface area contributed by atoms with E-state index >= 15 is 0 Å². The molecule has 0 aromatic heterocycles. The van der Waals surface area contributed by atoms with Crippen molar-refractivity contribution < 1.29 is 4.79 Å². The first-order valence-corrected chi connectivity index (χ1v) is 6.66. The average Bonchev–Trinajstić information content (AvgIpc) is 2.29. The van der Waals surface area contributed by atoms with Crippen molar-refractivity contribution in [3.63, 3.8) is 0 Å². The molecule has 0 aliphatic carbocycles. The van der Waals surface area contributed by atoms with E-state index in [1.54, 1.807) is 0 Å². The summed E-state index contributed by atoms with van der Waals surface area (Å²) in [6.45, 7) is 8.50. The summed E-state index contributed by atoms with van der Waals surface area (Å²) in [6.07, 6.45) is 4.49. The third-order valence-corrected chi connectivity index (χ3v) is 3.33. The Morgan fingerprint density at radius 1 is 1.38 bits per heavy atom. The van der Waals surface area contributed by atoms with Crippen LogP contribution in [0.2, 0.25) is 0 Å². The van der Waals surface area contributed by atoms with Crippen molar-refractivity contribution in [2.24, 2.45) is 5.92 Å². The molecule has 0 saturated carbocycles. The minimum atomic E-state index is 0.247. The van der Waals surface area contributed by atoms with Crippen LogP contribution in [0.4, 0.5) is 0 Å². The zero-order valence-corrected chi connectivity index (χ0v) is 11.0. The van der Waals surface area contributed by atoms with Crippen molar-refractivity contribution in [3.05, 3.63) is 0 Å². The highest BCUT2D eigenvalue weighted by Gasteiger charge is 2.26. The molecular formula is C13H26N2O. The largest absolute Gasteiger partial charge is 0.345 e. The second-order valence-electron chi connectivity index (χ2n) is 4.90. The summed E-state index contributed by atoms with van der Waals surface area (Å²) in [6, 6.07) is 0. The summed E-state index contributed by atoms with van der Waals surface area (Å²) in [7, 11) is 1.94. The number of piperidine rings is 1. The smallest absolute Gasteiger partial charge is 0.226 e. The van der Waals surface area contributed by atoms with Gasteiger partial charge in [-0.3, -0.25) is 4.79 Å². The number of rotatable bonds is 5. The van der Waals surface area contributed by atoms with E-state index in [9.17, 15) is 4.79 Å². The lowest BCUT2D eigenvalue weighted by molar-refractivity contribution is -0.136. The van der Waals surface area contributed by atoms with Crippen molar-refractivity contribution in [1.82, 2.24) is 9.80 Å². The van der Waals surface area contributed by atoms with Gasteiger partial charge in [0, 0.05) is 20.1 Å². The summed E-state index contributed by atoms with van der Waals surface area (Å²) in [5.41, 5.74) is 0. The van der Waals surface area contributed by atoms with Gasteiger partial charge >= 0.3 is 0 Å². The van der Waals surface area contributed by atoms with E-state index in [0.29, 0.717) is 5.91 Å². The Morgan fingerprint density at radius 2 is 2.12 bits per heavy atom. The van der Waals surface area contributed by atoms with E-state index in [1.165, 1.54) is 19.4 Å². The number of carbonyl (C=O) groups is 1. The van der Waals surface area contributed by atoms with Gasteiger partial charge in [-0.05, 0) is 38.8 Å². The molecule has 16 heavy (non-hydrogen) atoms. The predicted molar refractivity (Wildman–Crippen MR) is 67.4 cm³/mol. The highest BCUT2D eigenvalue weighted by atomic mass is 16.2. The molecule has 1 heterocycles. The molecule has 94 valence electrons. The first-order valence-electron chi connectivity index (χ1n) is 6.66. The summed E-state index contributed by atoms with van der Waals surface area (Å²) in [5.74, 6) is 0.597. The Balaban J connectivity index is 2.43. The predicted octanol–water partition coefficient (Wildman–Crippen LogP) is 1.98. The number of carbonyl (C=O) groups excluding carboxylic acids is 1. The molecule has 1 unspecified atom stereocenters. The molecule has 0 aromatic carbocycles. The normalized spacial score (nSPS) is 22.1. The maximum atomic E-state index is 12.1.